The Morgan fingerprint density at radius 2 is 1.81 bits per heavy atom. The molecule has 0 fully saturated rings. The van der Waals surface area contributed by atoms with Crippen molar-refractivity contribution in [2.24, 2.45) is 0 Å². The summed E-state index contributed by atoms with van der Waals surface area (Å²) in [6.45, 7) is 0.656. The lowest BCUT2D eigenvalue weighted by molar-refractivity contribution is -0.384. The molecule has 0 aliphatic carbocycles. The van der Waals surface area contributed by atoms with Gasteiger partial charge in [-0.05, 0) is 48.7 Å². The lowest BCUT2D eigenvalue weighted by Gasteiger charge is -2.28. The van der Waals surface area contributed by atoms with E-state index in [1.54, 1.807) is 29.2 Å². The number of nitro groups is 1. The van der Waals surface area contributed by atoms with Crippen molar-refractivity contribution < 1.29 is 14.1 Å². The number of amides is 1. The van der Waals surface area contributed by atoms with Crippen LogP contribution in [0.25, 0.3) is 11.3 Å². The van der Waals surface area contributed by atoms with Crippen molar-refractivity contribution in [3.8, 4) is 11.3 Å². The van der Waals surface area contributed by atoms with Gasteiger partial charge in [0.05, 0.1) is 4.92 Å². The van der Waals surface area contributed by atoms with Gasteiger partial charge >= 0.3 is 0 Å². The summed E-state index contributed by atoms with van der Waals surface area (Å²) < 4.78 is 5.74. The van der Waals surface area contributed by atoms with Crippen LogP contribution < -0.4 is 4.90 Å². The van der Waals surface area contributed by atoms with E-state index in [1.165, 1.54) is 12.1 Å². The number of nitro benzene ring substituents is 1. The van der Waals surface area contributed by atoms with Crippen LogP contribution in [-0.4, -0.2) is 17.4 Å². The molecule has 0 atom stereocenters. The van der Waals surface area contributed by atoms with Gasteiger partial charge in [0, 0.05) is 29.9 Å². The Balaban J connectivity index is 1.60. The molecule has 26 heavy (non-hydrogen) atoms. The van der Waals surface area contributed by atoms with E-state index in [-0.39, 0.29) is 17.4 Å². The molecule has 0 saturated carbocycles. The number of carbonyl (C=O) groups excluding carboxylic acids is 1. The van der Waals surface area contributed by atoms with Gasteiger partial charge in [0.1, 0.15) is 5.76 Å². The summed E-state index contributed by atoms with van der Waals surface area (Å²) in [5, 5.41) is 10.7. The van der Waals surface area contributed by atoms with Crippen molar-refractivity contribution in [1.29, 1.82) is 0 Å². The second-order valence-corrected chi connectivity index (χ2v) is 6.16. The van der Waals surface area contributed by atoms with Crippen LogP contribution in [0.3, 0.4) is 0 Å². The predicted molar refractivity (Wildman–Crippen MR) is 97.2 cm³/mol. The van der Waals surface area contributed by atoms with Crippen molar-refractivity contribution >= 4 is 17.3 Å². The Labute approximate surface area is 149 Å². The molecule has 6 nitrogen and oxygen atoms in total. The number of aryl methyl sites for hydroxylation is 1. The molecule has 0 spiro atoms. The van der Waals surface area contributed by atoms with Crippen molar-refractivity contribution in [2.45, 2.75) is 12.8 Å². The molecule has 0 unspecified atom stereocenters. The first kappa shape index (κ1) is 16.1. The van der Waals surface area contributed by atoms with Crippen molar-refractivity contribution in [2.75, 3.05) is 11.4 Å². The quantitative estimate of drug-likeness (QED) is 0.518. The molecule has 6 heteroatoms. The average Bonchev–Trinajstić information content (AvgIpc) is 3.17. The van der Waals surface area contributed by atoms with Gasteiger partial charge in [-0.25, -0.2) is 0 Å². The lowest BCUT2D eigenvalue weighted by Crippen LogP contribution is -2.35. The number of hydrogen-bond donors (Lipinski definition) is 0. The molecule has 3 aromatic rings. The molecule has 4 rings (SSSR count). The zero-order chi connectivity index (χ0) is 18.1. The topological polar surface area (TPSA) is 76.6 Å². The van der Waals surface area contributed by atoms with Crippen molar-refractivity contribution in [3.05, 3.63) is 82.1 Å². The third kappa shape index (κ3) is 2.86. The van der Waals surface area contributed by atoms with E-state index >= 15 is 0 Å². The Bertz CT molecular complexity index is 975. The maximum absolute atomic E-state index is 12.9. The van der Waals surface area contributed by atoms with Crippen LogP contribution in [0, 0.1) is 10.1 Å². The number of benzene rings is 2. The molecule has 1 aliphatic heterocycles. The number of rotatable bonds is 3. The fourth-order valence-corrected chi connectivity index (χ4v) is 3.23. The lowest BCUT2D eigenvalue weighted by atomic mass is 10.0. The Kier molecular flexibility index (Phi) is 4.01. The van der Waals surface area contributed by atoms with E-state index < -0.39 is 4.92 Å². The number of furan rings is 1. The Morgan fingerprint density at radius 1 is 1.04 bits per heavy atom. The highest BCUT2D eigenvalue weighted by atomic mass is 16.6. The molecule has 0 saturated heterocycles. The van der Waals surface area contributed by atoms with Gasteiger partial charge in [-0.3, -0.25) is 14.9 Å². The first-order chi connectivity index (χ1) is 12.6. The van der Waals surface area contributed by atoms with Crippen LogP contribution in [0.5, 0.6) is 0 Å². The summed E-state index contributed by atoms with van der Waals surface area (Å²) in [6, 6.07) is 17.3. The SMILES string of the molecule is O=C(c1ccc(-c2ccc([N+](=O)[O-])cc2)o1)N1CCCc2ccccc21. The molecule has 1 aromatic heterocycles. The summed E-state index contributed by atoms with van der Waals surface area (Å²) in [7, 11) is 0. The van der Waals surface area contributed by atoms with Crippen LogP contribution in [0.4, 0.5) is 11.4 Å². The number of para-hydroxylation sites is 1. The molecular formula is C20H16N2O4. The first-order valence-electron chi connectivity index (χ1n) is 8.38. The number of carbonyl (C=O) groups is 1. The van der Waals surface area contributed by atoms with Crippen LogP contribution in [0.15, 0.2) is 65.1 Å². The zero-order valence-electron chi connectivity index (χ0n) is 13.9. The van der Waals surface area contributed by atoms with Gasteiger partial charge < -0.3 is 9.32 Å². The van der Waals surface area contributed by atoms with Gasteiger partial charge in [-0.15, -0.1) is 0 Å². The van der Waals surface area contributed by atoms with E-state index in [2.05, 4.69) is 0 Å². The number of hydrogen-bond acceptors (Lipinski definition) is 4. The Morgan fingerprint density at radius 3 is 2.58 bits per heavy atom. The van der Waals surface area contributed by atoms with E-state index in [1.807, 2.05) is 24.3 Å². The normalized spacial score (nSPS) is 13.3. The minimum atomic E-state index is -0.450. The minimum Gasteiger partial charge on any atom is -0.451 e. The Hall–Kier alpha value is -3.41. The third-order valence-corrected chi connectivity index (χ3v) is 4.53. The maximum Gasteiger partial charge on any atom is 0.293 e. The van der Waals surface area contributed by atoms with Gasteiger partial charge in [0.15, 0.2) is 5.76 Å². The van der Waals surface area contributed by atoms with Crippen LogP contribution in [0.2, 0.25) is 0 Å². The molecule has 0 bridgehead atoms. The number of nitrogens with zero attached hydrogens (tertiary/aromatic N) is 2. The standard InChI is InChI=1S/C20H16N2O4/c23-20(21-13-3-5-14-4-1-2-6-17(14)21)19-12-11-18(26-19)15-7-9-16(10-8-15)22(24)25/h1-2,4,6-12H,3,5,13H2. The molecule has 1 aliphatic rings. The highest BCUT2D eigenvalue weighted by Gasteiger charge is 2.25. The van der Waals surface area contributed by atoms with Gasteiger partial charge in [0.2, 0.25) is 0 Å². The zero-order valence-corrected chi connectivity index (χ0v) is 13.9. The summed E-state index contributed by atoms with van der Waals surface area (Å²) >= 11 is 0. The molecule has 0 radical (unpaired) electrons. The van der Waals surface area contributed by atoms with E-state index in [0.29, 0.717) is 17.9 Å². The van der Waals surface area contributed by atoms with Crippen molar-refractivity contribution in [1.82, 2.24) is 0 Å². The van der Waals surface area contributed by atoms with E-state index in [4.69, 9.17) is 4.42 Å². The van der Waals surface area contributed by atoms with Crippen LogP contribution >= 0.6 is 0 Å². The second-order valence-electron chi connectivity index (χ2n) is 6.16. The van der Waals surface area contributed by atoms with E-state index in [0.717, 1.165) is 24.1 Å². The molecule has 2 aromatic carbocycles. The largest absolute Gasteiger partial charge is 0.451 e. The van der Waals surface area contributed by atoms with Crippen LogP contribution in [-0.2, 0) is 6.42 Å². The summed E-state index contributed by atoms with van der Waals surface area (Å²) in [4.78, 5) is 24.9. The minimum absolute atomic E-state index is 0.0153. The van der Waals surface area contributed by atoms with Gasteiger partial charge in [-0.2, -0.15) is 0 Å². The van der Waals surface area contributed by atoms with Crippen LogP contribution in [0.1, 0.15) is 22.5 Å². The smallest absolute Gasteiger partial charge is 0.293 e. The summed E-state index contributed by atoms with van der Waals surface area (Å²) in [5.41, 5.74) is 2.79. The fourth-order valence-electron chi connectivity index (χ4n) is 3.23. The van der Waals surface area contributed by atoms with Gasteiger partial charge in [-0.1, -0.05) is 18.2 Å². The summed E-state index contributed by atoms with van der Waals surface area (Å²) in [5.74, 6) is 0.592. The van der Waals surface area contributed by atoms with Gasteiger partial charge in [0.25, 0.3) is 11.6 Å². The monoisotopic (exact) mass is 348 g/mol. The third-order valence-electron chi connectivity index (χ3n) is 4.53. The molecule has 130 valence electrons. The van der Waals surface area contributed by atoms with Crippen molar-refractivity contribution in [3.63, 3.8) is 0 Å². The highest BCUT2D eigenvalue weighted by molar-refractivity contribution is 6.05. The average molecular weight is 348 g/mol. The first-order valence-corrected chi connectivity index (χ1v) is 8.38. The molecule has 1 amide bonds. The predicted octanol–water partition coefficient (Wildman–Crippen LogP) is 4.45. The number of fused-ring (bicyclic) bond motifs is 1. The molecule has 2 heterocycles. The number of anilines is 1. The molecular weight excluding hydrogens is 332 g/mol. The molecule has 0 N–H and O–H groups in total. The summed E-state index contributed by atoms with van der Waals surface area (Å²) in [6.07, 6.45) is 1.88. The fraction of sp³-hybridized carbons (Fsp3) is 0.150. The second kappa shape index (κ2) is 6.48. The maximum atomic E-state index is 12.9. The van der Waals surface area contributed by atoms with E-state index in [9.17, 15) is 14.9 Å². The number of non-ortho nitro benzene ring substituents is 1. The highest BCUT2D eigenvalue weighted by Crippen LogP contribution is 2.30.